The number of Topliss-reactive ketones (excluding diaryl/α,β-unsaturated/α-hetero) is 1. The molecule has 0 bridgehead atoms. The summed E-state index contributed by atoms with van der Waals surface area (Å²) < 4.78 is 34.3. The highest BCUT2D eigenvalue weighted by Gasteiger charge is 2.61. The zero-order valence-electron chi connectivity index (χ0n) is 14.9. The minimum atomic E-state index is -1.24. The lowest BCUT2D eigenvalue weighted by atomic mass is 9.99. The van der Waals surface area contributed by atoms with Gasteiger partial charge in [0.2, 0.25) is 11.6 Å². The monoisotopic (exact) mass is 352 g/mol. The number of carbonyl (C=O) groups is 1. The maximum Gasteiger partial charge on any atom is 0.221 e. The molecule has 5 atom stereocenters. The first-order valence-corrected chi connectivity index (χ1v) is 8.18. The van der Waals surface area contributed by atoms with Crippen LogP contribution in [-0.4, -0.2) is 56.7 Å². The van der Waals surface area contributed by atoms with E-state index >= 15 is 0 Å². The van der Waals surface area contributed by atoms with E-state index in [-0.39, 0.29) is 12.4 Å². The van der Waals surface area contributed by atoms with Crippen LogP contribution in [0.15, 0.2) is 30.3 Å². The minimum absolute atomic E-state index is 0.104. The average Bonchev–Trinajstić information content (AvgIpc) is 2.64. The molecule has 2 heterocycles. The van der Waals surface area contributed by atoms with Gasteiger partial charge in [0.15, 0.2) is 18.2 Å². The zero-order valence-corrected chi connectivity index (χ0v) is 14.9. The molecule has 2 aliphatic heterocycles. The quantitative estimate of drug-likeness (QED) is 0.797. The van der Waals surface area contributed by atoms with E-state index in [0.29, 0.717) is 6.61 Å². The average molecular weight is 352 g/mol. The Balaban J connectivity index is 1.78. The van der Waals surface area contributed by atoms with Crippen molar-refractivity contribution in [2.24, 2.45) is 0 Å². The van der Waals surface area contributed by atoms with E-state index in [1.54, 1.807) is 13.8 Å². The van der Waals surface area contributed by atoms with Crippen LogP contribution in [0.1, 0.15) is 19.4 Å². The fraction of sp³-hybridized carbons (Fsp3) is 0.611. The SMILES string of the molecule is CO[C@@]1(C)O[C@@H]2[C@H](OCc3ccccc3)OCC(=O)[C@H]2O[C@]1(C)OC. The molecule has 1 aromatic rings. The van der Waals surface area contributed by atoms with Crippen LogP contribution < -0.4 is 0 Å². The zero-order chi connectivity index (χ0) is 18.1. The van der Waals surface area contributed by atoms with Crippen molar-refractivity contribution in [3.05, 3.63) is 35.9 Å². The van der Waals surface area contributed by atoms with Crippen molar-refractivity contribution in [3.8, 4) is 0 Å². The molecule has 0 saturated carbocycles. The number of rotatable bonds is 5. The predicted octanol–water partition coefficient (Wildman–Crippen LogP) is 1.64. The highest BCUT2D eigenvalue weighted by molar-refractivity contribution is 5.85. The number of carbonyl (C=O) groups excluding carboxylic acids is 1. The second-order valence-corrected chi connectivity index (χ2v) is 6.36. The molecule has 0 spiro atoms. The third kappa shape index (κ3) is 3.36. The van der Waals surface area contributed by atoms with Crippen LogP contribution in [0.3, 0.4) is 0 Å². The number of ether oxygens (including phenoxy) is 6. The van der Waals surface area contributed by atoms with Gasteiger partial charge in [-0.2, -0.15) is 0 Å². The lowest BCUT2D eigenvalue weighted by Crippen LogP contribution is -2.70. The van der Waals surface area contributed by atoms with Crippen LogP contribution in [0.5, 0.6) is 0 Å². The van der Waals surface area contributed by atoms with Crippen molar-refractivity contribution in [2.75, 3.05) is 20.8 Å². The van der Waals surface area contributed by atoms with E-state index in [9.17, 15) is 4.79 Å². The summed E-state index contributed by atoms with van der Waals surface area (Å²) in [5, 5.41) is 0. The molecular formula is C18H24O7. The lowest BCUT2D eigenvalue weighted by molar-refractivity contribution is -0.462. The Bertz CT molecular complexity index is 607. The molecule has 0 amide bonds. The van der Waals surface area contributed by atoms with Crippen LogP contribution in [0.2, 0.25) is 0 Å². The Morgan fingerprint density at radius 2 is 1.72 bits per heavy atom. The molecule has 7 heteroatoms. The van der Waals surface area contributed by atoms with E-state index in [1.165, 1.54) is 14.2 Å². The first kappa shape index (κ1) is 18.4. The molecule has 0 N–H and O–H groups in total. The van der Waals surface area contributed by atoms with Gasteiger partial charge in [0.25, 0.3) is 0 Å². The van der Waals surface area contributed by atoms with Crippen molar-refractivity contribution >= 4 is 5.78 Å². The largest absolute Gasteiger partial charge is 0.349 e. The Morgan fingerprint density at radius 1 is 1.08 bits per heavy atom. The molecular weight excluding hydrogens is 328 g/mol. The van der Waals surface area contributed by atoms with Gasteiger partial charge in [0.05, 0.1) is 6.61 Å². The molecule has 138 valence electrons. The van der Waals surface area contributed by atoms with Crippen molar-refractivity contribution in [3.63, 3.8) is 0 Å². The molecule has 0 unspecified atom stereocenters. The summed E-state index contributed by atoms with van der Waals surface area (Å²) in [5.74, 6) is -2.68. The van der Waals surface area contributed by atoms with Gasteiger partial charge in [-0.3, -0.25) is 4.79 Å². The summed E-state index contributed by atoms with van der Waals surface area (Å²) in [6.07, 6.45) is -2.35. The van der Waals surface area contributed by atoms with Gasteiger partial charge in [-0.05, 0) is 19.4 Å². The Kier molecular flexibility index (Phi) is 5.24. The number of hydrogen-bond acceptors (Lipinski definition) is 7. The second-order valence-electron chi connectivity index (χ2n) is 6.36. The van der Waals surface area contributed by atoms with Crippen LogP contribution in [-0.2, 0) is 39.8 Å². The van der Waals surface area contributed by atoms with Gasteiger partial charge in [-0.15, -0.1) is 0 Å². The van der Waals surface area contributed by atoms with Gasteiger partial charge in [-0.25, -0.2) is 0 Å². The van der Waals surface area contributed by atoms with Gasteiger partial charge >= 0.3 is 0 Å². The number of methoxy groups -OCH3 is 2. The molecule has 25 heavy (non-hydrogen) atoms. The van der Waals surface area contributed by atoms with Crippen LogP contribution in [0.25, 0.3) is 0 Å². The van der Waals surface area contributed by atoms with Crippen LogP contribution in [0.4, 0.5) is 0 Å². The summed E-state index contributed by atoms with van der Waals surface area (Å²) in [7, 11) is 2.97. The van der Waals surface area contributed by atoms with E-state index in [2.05, 4.69) is 0 Å². The lowest BCUT2D eigenvalue weighted by Gasteiger charge is -2.53. The summed E-state index contributed by atoms with van der Waals surface area (Å²) in [5.41, 5.74) is 0.993. The Hall–Kier alpha value is -1.35. The van der Waals surface area contributed by atoms with E-state index in [1.807, 2.05) is 30.3 Å². The minimum Gasteiger partial charge on any atom is -0.349 e. The van der Waals surface area contributed by atoms with Crippen molar-refractivity contribution < 1.29 is 33.2 Å². The van der Waals surface area contributed by atoms with E-state index in [4.69, 9.17) is 28.4 Å². The fourth-order valence-corrected chi connectivity index (χ4v) is 3.00. The Morgan fingerprint density at radius 3 is 2.36 bits per heavy atom. The molecule has 2 saturated heterocycles. The number of benzene rings is 1. The molecule has 0 aromatic heterocycles. The summed E-state index contributed by atoms with van der Waals surface area (Å²) in [6.45, 7) is 3.60. The standard InChI is InChI=1S/C18H24O7/c1-17(20-3)18(2,21-4)25-15-14(24-17)13(19)11-23-16(15)22-10-12-8-6-5-7-9-12/h5-9,14-16H,10-11H2,1-4H3/t14-,15+,16-,17+,18+/m1/s1. The number of ketones is 1. The first-order chi connectivity index (χ1) is 11.9. The molecule has 0 aliphatic carbocycles. The molecule has 1 aromatic carbocycles. The molecule has 2 aliphatic rings. The third-order valence-corrected chi connectivity index (χ3v) is 4.85. The molecule has 0 radical (unpaired) electrons. The molecule has 3 rings (SSSR count). The van der Waals surface area contributed by atoms with E-state index in [0.717, 1.165) is 5.56 Å². The van der Waals surface area contributed by atoms with Crippen LogP contribution >= 0.6 is 0 Å². The van der Waals surface area contributed by atoms with Gasteiger partial charge < -0.3 is 28.4 Å². The maximum atomic E-state index is 12.3. The molecule has 2 fully saturated rings. The third-order valence-electron chi connectivity index (χ3n) is 4.85. The van der Waals surface area contributed by atoms with E-state index < -0.39 is 30.1 Å². The first-order valence-electron chi connectivity index (χ1n) is 8.18. The smallest absolute Gasteiger partial charge is 0.221 e. The van der Waals surface area contributed by atoms with Gasteiger partial charge in [0, 0.05) is 14.2 Å². The number of hydrogen-bond donors (Lipinski definition) is 0. The summed E-state index contributed by atoms with van der Waals surface area (Å²) in [6, 6.07) is 9.69. The maximum absolute atomic E-state index is 12.3. The topological polar surface area (TPSA) is 72.5 Å². The van der Waals surface area contributed by atoms with Crippen molar-refractivity contribution in [1.29, 1.82) is 0 Å². The van der Waals surface area contributed by atoms with Gasteiger partial charge in [0.1, 0.15) is 12.7 Å². The second kappa shape index (κ2) is 7.11. The summed E-state index contributed by atoms with van der Waals surface area (Å²) in [4.78, 5) is 12.3. The van der Waals surface area contributed by atoms with Crippen LogP contribution in [0, 0.1) is 0 Å². The normalized spacial score (nSPS) is 38.4. The number of fused-ring (bicyclic) bond motifs is 1. The molecule has 7 nitrogen and oxygen atoms in total. The van der Waals surface area contributed by atoms with Gasteiger partial charge in [-0.1, -0.05) is 30.3 Å². The van der Waals surface area contributed by atoms with Crippen molar-refractivity contribution in [2.45, 2.75) is 50.5 Å². The highest BCUT2D eigenvalue weighted by Crippen LogP contribution is 2.41. The fourth-order valence-electron chi connectivity index (χ4n) is 3.00. The summed E-state index contributed by atoms with van der Waals surface area (Å²) >= 11 is 0. The van der Waals surface area contributed by atoms with Crippen molar-refractivity contribution in [1.82, 2.24) is 0 Å². The highest BCUT2D eigenvalue weighted by atomic mass is 16.8. The Labute approximate surface area is 147 Å². The predicted molar refractivity (Wildman–Crippen MR) is 86.6 cm³/mol.